The average Bonchev–Trinajstić information content (AvgIpc) is 2.55. The second-order valence-electron chi connectivity index (χ2n) is 5.65. The Balaban J connectivity index is 1.74. The fourth-order valence-electron chi connectivity index (χ4n) is 3.06. The molecule has 0 saturated carbocycles. The lowest BCUT2D eigenvalue weighted by atomic mass is 9.91. The highest BCUT2D eigenvalue weighted by atomic mass is 16.5. The minimum absolute atomic E-state index is 0.300. The molecule has 2 aromatic rings. The summed E-state index contributed by atoms with van der Waals surface area (Å²) in [6.07, 6.45) is 5.44. The van der Waals surface area contributed by atoms with E-state index in [1.54, 1.807) is 7.11 Å². The van der Waals surface area contributed by atoms with Crippen molar-refractivity contribution in [1.29, 1.82) is 0 Å². The number of aromatic nitrogens is 1. The molecule has 110 valence electrons. The van der Waals surface area contributed by atoms with Crippen molar-refractivity contribution in [2.75, 3.05) is 7.11 Å². The summed E-state index contributed by atoms with van der Waals surface area (Å²) in [5, 5.41) is 3.73. The van der Waals surface area contributed by atoms with Crippen molar-refractivity contribution in [3.05, 3.63) is 59.4 Å². The van der Waals surface area contributed by atoms with Gasteiger partial charge in [0, 0.05) is 12.2 Å². The Bertz CT molecular complexity index is 594. The van der Waals surface area contributed by atoms with Crippen LogP contribution in [0.15, 0.2) is 42.6 Å². The van der Waals surface area contributed by atoms with Gasteiger partial charge in [0.25, 0.3) is 0 Å². The van der Waals surface area contributed by atoms with Crippen molar-refractivity contribution >= 4 is 0 Å². The zero-order valence-electron chi connectivity index (χ0n) is 12.7. The normalized spacial score (nSPS) is 18.9. The summed E-state index contributed by atoms with van der Waals surface area (Å²) < 4.78 is 5.21. The molecular formula is C18H22N2O. The smallest absolute Gasteiger partial charge is 0.118 e. The van der Waals surface area contributed by atoms with E-state index in [1.807, 2.05) is 24.4 Å². The number of pyridine rings is 1. The van der Waals surface area contributed by atoms with E-state index in [4.69, 9.17) is 4.74 Å². The number of nitrogens with one attached hydrogen (secondary N) is 1. The van der Waals surface area contributed by atoms with E-state index in [9.17, 15) is 0 Å². The number of benzene rings is 1. The molecule has 1 aliphatic carbocycles. The molecule has 0 radical (unpaired) electrons. The molecule has 1 aliphatic rings. The Morgan fingerprint density at radius 1 is 1.24 bits per heavy atom. The second kappa shape index (κ2) is 6.27. The molecule has 21 heavy (non-hydrogen) atoms. The maximum absolute atomic E-state index is 5.21. The summed E-state index contributed by atoms with van der Waals surface area (Å²) in [4.78, 5) is 4.59. The standard InChI is InChI=1S/C18H22N2O/c1-13(14-8-10-16(21-2)11-9-14)20-17-7-3-5-15-6-4-12-19-18(15)17/h4,6,8-13,17,20H,3,5,7H2,1-2H3/t13-,17?/m0/s1. The molecule has 1 unspecified atom stereocenters. The van der Waals surface area contributed by atoms with Crippen LogP contribution in [0.5, 0.6) is 5.75 Å². The van der Waals surface area contributed by atoms with E-state index < -0.39 is 0 Å². The van der Waals surface area contributed by atoms with Gasteiger partial charge >= 0.3 is 0 Å². The van der Waals surface area contributed by atoms with Gasteiger partial charge in [-0.3, -0.25) is 4.98 Å². The van der Waals surface area contributed by atoms with Crippen LogP contribution < -0.4 is 10.1 Å². The molecule has 1 aromatic carbocycles. The molecule has 0 saturated heterocycles. The molecule has 3 rings (SSSR count). The van der Waals surface area contributed by atoms with Gasteiger partial charge in [-0.25, -0.2) is 0 Å². The van der Waals surface area contributed by atoms with E-state index in [0.717, 1.165) is 18.6 Å². The Morgan fingerprint density at radius 2 is 2.05 bits per heavy atom. The van der Waals surface area contributed by atoms with Crippen molar-refractivity contribution in [3.8, 4) is 5.75 Å². The quantitative estimate of drug-likeness (QED) is 0.925. The van der Waals surface area contributed by atoms with Crippen LogP contribution in [0.3, 0.4) is 0 Å². The van der Waals surface area contributed by atoms with E-state index >= 15 is 0 Å². The van der Waals surface area contributed by atoms with Crippen molar-refractivity contribution < 1.29 is 4.74 Å². The summed E-state index contributed by atoms with van der Waals surface area (Å²) in [5.74, 6) is 0.899. The van der Waals surface area contributed by atoms with Crippen molar-refractivity contribution in [1.82, 2.24) is 10.3 Å². The van der Waals surface area contributed by atoms with Crippen LogP contribution in [0.1, 0.15) is 48.7 Å². The first kappa shape index (κ1) is 14.1. The Morgan fingerprint density at radius 3 is 2.81 bits per heavy atom. The second-order valence-corrected chi connectivity index (χ2v) is 5.65. The molecule has 1 heterocycles. The Hall–Kier alpha value is -1.87. The first-order valence-electron chi connectivity index (χ1n) is 7.61. The Labute approximate surface area is 126 Å². The highest BCUT2D eigenvalue weighted by molar-refractivity contribution is 5.30. The number of hydrogen-bond donors (Lipinski definition) is 1. The van der Waals surface area contributed by atoms with Gasteiger partial charge in [-0.1, -0.05) is 18.2 Å². The third-order valence-corrected chi connectivity index (χ3v) is 4.26. The van der Waals surface area contributed by atoms with Crippen LogP contribution in [-0.4, -0.2) is 12.1 Å². The molecule has 0 bridgehead atoms. The van der Waals surface area contributed by atoms with Crippen LogP contribution in [0.2, 0.25) is 0 Å². The largest absolute Gasteiger partial charge is 0.497 e. The van der Waals surface area contributed by atoms with Crippen LogP contribution in [0, 0.1) is 0 Å². The molecule has 2 atom stereocenters. The van der Waals surface area contributed by atoms with Crippen LogP contribution in [0.25, 0.3) is 0 Å². The number of hydrogen-bond acceptors (Lipinski definition) is 3. The highest BCUT2D eigenvalue weighted by Crippen LogP contribution is 2.30. The number of aryl methyl sites for hydroxylation is 1. The number of nitrogens with zero attached hydrogens (tertiary/aromatic N) is 1. The first-order valence-corrected chi connectivity index (χ1v) is 7.61. The van der Waals surface area contributed by atoms with Crippen molar-refractivity contribution in [2.24, 2.45) is 0 Å². The lowest BCUT2D eigenvalue weighted by Crippen LogP contribution is -2.28. The van der Waals surface area contributed by atoms with Crippen molar-refractivity contribution in [2.45, 2.75) is 38.3 Å². The first-order chi connectivity index (χ1) is 10.3. The van der Waals surface area contributed by atoms with Crippen LogP contribution >= 0.6 is 0 Å². The minimum atomic E-state index is 0.300. The molecule has 0 amide bonds. The third-order valence-electron chi connectivity index (χ3n) is 4.26. The highest BCUT2D eigenvalue weighted by Gasteiger charge is 2.22. The average molecular weight is 282 g/mol. The minimum Gasteiger partial charge on any atom is -0.497 e. The van der Waals surface area contributed by atoms with Gasteiger partial charge in [-0.2, -0.15) is 0 Å². The molecule has 0 fully saturated rings. The zero-order chi connectivity index (χ0) is 14.7. The van der Waals surface area contributed by atoms with E-state index in [-0.39, 0.29) is 0 Å². The van der Waals surface area contributed by atoms with Gasteiger partial charge in [-0.15, -0.1) is 0 Å². The van der Waals surface area contributed by atoms with Gasteiger partial charge in [0.15, 0.2) is 0 Å². The fourth-order valence-corrected chi connectivity index (χ4v) is 3.06. The van der Waals surface area contributed by atoms with Gasteiger partial charge in [0.05, 0.1) is 18.8 Å². The van der Waals surface area contributed by atoms with E-state index in [2.05, 4.69) is 35.4 Å². The molecule has 3 heteroatoms. The predicted molar refractivity (Wildman–Crippen MR) is 84.5 cm³/mol. The molecule has 0 spiro atoms. The summed E-state index contributed by atoms with van der Waals surface area (Å²) >= 11 is 0. The topological polar surface area (TPSA) is 34.1 Å². The SMILES string of the molecule is COc1ccc([C@H](C)NC2CCCc3cccnc32)cc1. The molecule has 3 nitrogen and oxygen atoms in total. The predicted octanol–water partition coefficient (Wildman–Crippen LogP) is 3.82. The van der Waals surface area contributed by atoms with Crippen molar-refractivity contribution in [3.63, 3.8) is 0 Å². The zero-order valence-corrected chi connectivity index (χ0v) is 12.7. The molecule has 1 aromatic heterocycles. The number of ether oxygens (including phenoxy) is 1. The summed E-state index contributed by atoms with van der Waals surface area (Å²) in [5.41, 5.74) is 3.89. The Kier molecular flexibility index (Phi) is 4.20. The summed E-state index contributed by atoms with van der Waals surface area (Å²) in [7, 11) is 1.70. The number of fused-ring (bicyclic) bond motifs is 1. The maximum Gasteiger partial charge on any atom is 0.118 e. The molecule has 0 aliphatic heterocycles. The summed E-state index contributed by atoms with van der Waals surface area (Å²) in [6, 6.07) is 13.2. The van der Waals surface area contributed by atoms with E-state index in [1.165, 1.54) is 23.2 Å². The van der Waals surface area contributed by atoms with Gasteiger partial charge < -0.3 is 10.1 Å². The van der Waals surface area contributed by atoms with Crippen LogP contribution in [-0.2, 0) is 6.42 Å². The number of methoxy groups -OCH3 is 1. The van der Waals surface area contributed by atoms with Crippen LogP contribution in [0.4, 0.5) is 0 Å². The molecular weight excluding hydrogens is 260 g/mol. The molecule has 1 N–H and O–H groups in total. The maximum atomic E-state index is 5.21. The van der Waals surface area contributed by atoms with E-state index in [0.29, 0.717) is 12.1 Å². The number of rotatable bonds is 4. The van der Waals surface area contributed by atoms with Gasteiger partial charge in [0.2, 0.25) is 0 Å². The fraction of sp³-hybridized carbons (Fsp3) is 0.389. The third kappa shape index (κ3) is 3.08. The lowest BCUT2D eigenvalue weighted by molar-refractivity contribution is 0.403. The monoisotopic (exact) mass is 282 g/mol. The van der Waals surface area contributed by atoms with Gasteiger partial charge in [0.1, 0.15) is 5.75 Å². The lowest BCUT2D eigenvalue weighted by Gasteiger charge is -2.28. The summed E-state index contributed by atoms with van der Waals surface area (Å²) in [6.45, 7) is 2.21. The van der Waals surface area contributed by atoms with Gasteiger partial charge in [-0.05, 0) is 55.5 Å².